The highest BCUT2D eigenvalue weighted by molar-refractivity contribution is 6.55. The van der Waals surface area contributed by atoms with Crippen LogP contribution in [0.15, 0.2) is 23.2 Å². The summed E-state index contributed by atoms with van der Waals surface area (Å²) in [6, 6.07) is 0. The lowest BCUT2D eigenvalue weighted by Gasteiger charge is -2.32. The fourth-order valence-electron chi connectivity index (χ4n) is 3.59. The smallest absolute Gasteiger partial charge is 0.399 e. The van der Waals surface area contributed by atoms with Gasteiger partial charge in [-0.3, -0.25) is 0 Å². The van der Waals surface area contributed by atoms with Crippen molar-refractivity contribution in [1.29, 1.82) is 0 Å². The molecule has 2 saturated carbocycles. The zero-order chi connectivity index (χ0) is 14.8. The summed E-state index contributed by atoms with van der Waals surface area (Å²) in [6.45, 7) is 8.56. The molecule has 0 amide bonds. The summed E-state index contributed by atoms with van der Waals surface area (Å²) in [6.07, 6.45) is 11.8. The highest BCUT2D eigenvalue weighted by Crippen LogP contribution is 2.49. The SMILES string of the molecule is CC1(C)OB(C2=CC(C3CC3)CC(C3CC3)=C2)OC1(C)C. The fraction of sp³-hybridized carbons (Fsp3) is 0.778. The van der Waals surface area contributed by atoms with Gasteiger partial charge in [-0.1, -0.05) is 17.7 Å². The molecule has 3 fully saturated rings. The molecule has 1 aliphatic heterocycles. The molecule has 1 heterocycles. The van der Waals surface area contributed by atoms with E-state index in [1.807, 2.05) is 0 Å². The van der Waals surface area contributed by atoms with Crippen molar-refractivity contribution in [3.8, 4) is 0 Å². The molecule has 1 unspecified atom stereocenters. The fourth-order valence-corrected chi connectivity index (χ4v) is 3.59. The molecule has 0 aromatic rings. The van der Waals surface area contributed by atoms with Gasteiger partial charge < -0.3 is 9.31 Å². The summed E-state index contributed by atoms with van der Waals surface area (Å²) in [5.41, 5.74) is 2.48. The molecule has 0 aromatic carbocycles. The number of rotatable bonds is 3. The van der Waals surface area contributed by atoms with Crippen LogP contribution >= 0.6 is 0 Å². The predicted octanol–water partition coefficient (Wildman–Crippen LogP) is 4.31. The number of hydrogen-bond donors (Lipinski definition) is 0. The van der Waals surface area contributed by atoms with Gasteiger partial charge in [0.15, 0.2) is 0 Å². The van der Waals surface area contributed by atoms with Gasteiger partial charge in [-0.15, -0.1) is 0 Å². The highest BCUT2D eigenvalue weighted by Gasteiger charge is 2.52. The Morgan fingerprint density at radius 1 is 1.00 bits per heavy atom. The normalized spacial score (nSPS) is 34.7. The molecule has 3 aliphatic carbocycles. The molecule has 4 aliphatic rings. The first kappa shape index (κ1) is 14.1. The van der Waals surface area contributed by atoms with Gasteiger partial charge in [0, 0.05) is 0 Å². The summed E-state index contributed by atoms with van der Waals surface area (Å²) in [5.74, 6) is 2.52. The summed E-state index contributed by atoms with van der Waals surface area (Å²) in [4.78, 5) is 0. The maximum atomic E-state index is 6.27. The molecule has 0 spiro atoms. The average Bonchev–Trinajstić information content (AvgIpc) is 3.27. The zero-order valence-electron chi connectivity index (χ0n) is 13.8. The largest absolute Gasteiger partial charge is 0.494 e. The third-order valence-electron chi connectivity index (χ3n) is 6.08. The van der Waals surface area contributed by atoms with Crippen LogP contribution in [0, 0.1) is 17.8 Å². The number of hydrogen-bond acceptors (Lipinski definition) is 2. The third kappa shape index (κ3) is 2.53. The van der Waals surface area contributed by atoms with Gasteiger partial charge in [-0.25, -0.2) is 0 Å². The lowest BCUT2D eigenvalue weighted by atomic mass is 9.70. The molecule has 4 rings (SSSR count). The van der Waals surface area contributed by atoms with E-state index in [1.54, 1.807) is 5.57 Å². The Hall–Kier alpha value is -0.535. The first-order valence-electron chi connectivity index (χ1n) is 8.63. The molecule has 0 N–H and O–H groups in total. The van der Waals surface area contributed by atoms with Gasteiger partial charge in [0.1, 0.15) is 0 Å². The van der Waals surface area contributed by atoms with Gasteiger partial charge in [-0.2, -0.15) is 0 Å². The van der Waals surface area contributed by atoms with Gasteiger partial charge in [-0.05, 0) is 83.0 Å². The Kier molecular flexibility index (Phi) is 3.01. The summed E-state index contributed by atoms with van der Waals surface area (Å²) < 4.78 is 12.5. The first-order valence-corrected chi connectivity index (χ1v) is 8.63. The Morgan fingerprint density at radius 2 is 1.62 bits per heavy atom. The lowest BCUT2D eigenvalue weighted by Crippen LogP contribution is -2.41. The lowest BCUT2D eigenvalue weighted by molar-refractivity contribution is 0.00578. The molecule has 2 nitrogen and oxygen atoms in total. The van der Waals surface area contributed by atoms with Crippen molar-refractivity contribution < 1.29 is 9.31 Å². The van der Waals surface area contributed by atoms with Crippen molar-refractivity contribution in [2.75, 3.05) is 0 Å². The summed E-state index contributed by atoms with van der Waals surface area (Å²) in [7, 11) is -0.176. The van der Waals surface area contributed by atoms with E-state index in [0.717, 1.165) is 17.8 Å². The van der Waals surface area contributed by atoms with Crippen molar-refractivity contribution >= 4 is 7.12 Å². The Morgan fingerprint density at radius 3 is 2.14 bits per heavy atom. The van der Waals surface area contributed by atoms with Crippen LogP contribution in [-0.4, -0.2) is 18.3 Å². The van der Waals surface area contributed by atoms with Crippen LogP contribution in [0.25, 0.3) is 0 Å². The molecular formula is C18H27BO2. The van der Waals surface area contributed by atoms with E-state index >= 15 is 0 Å². The standard InChI is InChI=1S/C18H27BO2/c1-17(2)18(3,4)21-19(20-17)16-10-14(12-5-6-12)9-15(11-16)13-7-8-13/h10-14H,5-9H2,1-4H3. The second kappa shape index (κ2) is 4.49. The predicted molar refractivity (Wildman–Crippen MR) is 85.8 cm³/mol. The Balaban J connectivity index is 1.60. The minimum Gasteiger partial charge on any atom is -0.399 e. The van der Waals surface area contributed by atoms with E-state index in [2.05, 4.69) is 39.8 Å². The van der Waals surface area contributed by atoms with E-state index < -0.39 is 0 Å². The van der Waals surface area contributed by atoms with Gasteiger partial charge in [0.25, 0.3) is 0 Å². The second-order valence-electron chi connectivity index (χ2n) is 8.45. The van der Waals surface area contributed by atoms with E-state index in [0.29, 0.717) is 0 Å². The monoisotopic (exact) mass is 286 g/mol. The topological polar surface area (TPSA) is 18.5 Å². The maximum Gasteiger partial charge on any atom is 0.494 e. The van der Waals surface area contributed by atoms with Gasteiger partial charge in [0.2, 0.25) is 0 Å². The molecule has 0 radical (unpaired) electrons. The molecule has 0 aromatic heterocycles. The molecule has 21 heavy (non-hydrogen) atoms. The van der Waals surface area contributed by atoms with Crippen LogP contribution in [0.2, 0.25) is 0 Å². The van der Waals surface area contributed by atoms with Crippen LogP contribution in [0.3, 0.4) is 0 Å². The molecular weight excluding hydrogens is 259 g/mol. The van der Waals surface area contributed by atoms with Gasteiger partial charge in [0.05, 0.1) is 11.2 Å². The van der Waals surface area contributed by atoms with E-state index in [-0.39, 0.29) is 18.3 Å². The van der Waals surface area contributed by atoms with Crippen molar-refractivity contribution in [2.45, 2.75) is 71.0 Å². The summed E-state index contributed by atoms with van der Waals surface area (Å²) >= 11 is 0. The van der Waals surface area contributed by atoms with Crippen molar-refractivity contribution in [3.63, 3.8) is 0 Å². The van der Waals surface area contributed by atoms with Crippen LogP contribution < -0.4 is 0 Å². The van der Waals surface area contributed by atoms with Crippen molar-refractivity contribution in [1.82, 2.24) is 0 Å². The highest BCUT2D eigenvalue weighted by atomic mass is 16.7. The van der Waals surface area contributed by atoms with Gasteiger partial charge >= 0.3 is 7.12 Å². The minimum atomic E-state index is -0.237. The van der Waals surface area contributed by atoms with E-state index in [1.165, 1.54) is 37.6 Å². The summed E-state index contributed by atoms with van der Waals surface area (Å²) in [5, 5.41) is 0. The zero-order valence-corrected chi connectivity index (χ0v) is 13.8. The minimum absolute atomic E-state index is 0.176. The first-order chi connectivity index (χ1) is 9.86. The molecule has 1 atom stereocenters. The third-order valence-corrected chi connectivity index (χ3v) is 6.08. The van der Waals surface area contributed by atoms with E-state index in [4.69, 9.17) is 9.31 Å². The maximum absolute atomic E-state index is 6.27. The second-order valence-corrected chi connectivity index (χ2v) is 8.45. The van der Waals surface area contributed by atoms with Crippen molar-refractivity contribution in [2.24, 2.45) is 17.8 Å². The van der Waals surface area contributed by atoms with Crippen LogP contribution in [0.1, 0.15) is 59.8 Å². The quantitative estimate of drug-likeness (QED) is 0.720. The molecule has 3 heteroatoms. The molecule has 0 bridgehead atoms. The van der Waals surface area contributed by atoms with E-state index in [9.17, 15) is 0 Å². The van der Waals surface area contributed by atoms with Crippen LogP contribution in [0.5, 0.6) is 0 Å². The van der Waals surface area contributed by atoms with Crippen LogP contribution in [0.4, 0.5) is 0 Å². The Bertz CT molecular complexity index is 493. The van der Waals surface area contributed by atoms with Crippen LogP contribution in [-0.2, 0) is 9.31 Å². The Labute approximate surface area is 129 Å². The molecule has 1 saturated heterocycles. The molecule has 114 valence electrons. The number of allylic oxidation sites excluding steroid dienone is 4. The average molecular weight is 286 g/mol. The van der Waals surface area contributed by atoms with Crippen molar-refractivity contribution in [3.05, 3.63) is 23.2 Å².